The summed E-state index contributed by atoms with van der Waals surface area (Å²) in [5.74, 6) is -0.746. The molecule has 1 atom stereocenters. The first-order valence-corrected chi connectivity index (χ1v) is 4.00. The molecule has 0 saturated carbocycles. The molecule has 54 valence electrons. The molecule has 0 fully saturated rings. The minimum atomic E-state index is -0.746. The van der Waals surface area contributed by atoms with Gasteiger partial charge in [0, 0.05) is 0 Å². The van der Waals surface area contributed by atoms with E-state index in [1.54, 1.807) is 0 Å². The van der Waals surface area contributed by atoms with E-state index < -0.39 is 5.97 Å². The number of hydrogen-bond donors (Lipinski definition) is 2. The predicted octanol–water partition coefficient (Wildman–Crippen LogP) is 0.614. The van der Waals surface area contributed by atoms with Gasteiger partial charge >= 0.3 is 5.97 Å². The van der Waals surface area contributed by atoms with E-state index >= 15 is 0 Å². The van der Waals surface area contributed by atoms with Gasteiger partial charge in [-0.15, -0.1) is 0 Å². The first kappa shape index (κ1) is 9.16. The van der Waals surface area contributed by atoms with Crippen LogP contribution in [0.2, 0.25) is 0 Å². The predicted molar refractivity (Wildman–Crippen MR) is 43.7 cm³/mol. The second-order valence-electron chi connectivity index (χ2n) is 1.74. The van der Waals surface area contributed by atoms with Crippen molar-refractivity contribution in [2.45, 2.75) is 16.8 Å². The molecule has 3 nitrogen and oxygen atoms in total. The van der Waals surface area contributed by atoms with Gasteiger partial charge in [-0.2, -0.15) is 0 Å². The highest BCUT2D eigenvalue weighted by Crippen LogP contribution is 2.07. The molecule has 3 N–H and O–H groups in total. The Hall–Kier alpha value is 0.160. The summed E-state index contributed by atoms with van der Waals surface area (Å²) in [5, 5.41) is 8.36. The van der Waals surface area contributed by atoms with E-state index in [0.717, 1.165) is 6.42 Å². The molecule has 0 radical (unpaired) electrons. The molecule has 0 rings (SSSR count). The number of alkyl halides is 1. The zero-order chi connectivity index (χ0) is 7.28. The van der Waals surface area contributed by atoms with E-state index in [1.165, 1.54) is 0 Å². The number of hydrogen-bond acceptors (Lipinski definition) is 2. The molecule has 0 spiro atoms. The van der Waals surface area contributed by atoms with Crippen molar-refractivity contribution in [3.63, 3.8) is 0 Å². The van der Waals surface area contributed by atoms with E-state index in [4.69, 9.17) is 10.8 Å². The lowest BCUT2D eigenvalue weighted by Gasteiger charge is -2.00. The topological polar surface area (TPSA) is 63.3 Å². The molecular weight excluding hydrogens is 233 g/mol. The summed E-state index contributed by atoms with van der Waals surface area (Å²) in [6.07, 6.45) is 1.46. The Bertz CT molecular complexity index is 97.0. The van der Waals surface area contributed by atoms with Gasteiger partial charge in [0.2, 0.25) is 0 Å². The minimum Gasteiger partial charge on any atom is -0.480 e. The molecule has 0 bridgehead atoms. The molecule has 0 aromatic rings. The Morgan fingerprint density at radius 3 is 2.67 bits per heavy atom. The van der Waals surface area contributed by atoms with Gasteiger partial charge in [-0.3, -0.25) is 4.79 Å². The number of aliphatic carboxylic acids is 1. The Kier molecular flexibility index (Phi) is 5.07. The Labute approximate surface area is 67.8 Å². The summed E-state index contributed by atoms with van der Waals surface area (Å²) < 4.78 is -0.272. The lowest BCUT2D eigenvalue weighted by atomic mass is 10.2. The Balaban J connectivity index is 3.27. The van der Waals surface area contributed by atoms with E-state index in [1.807, 2.05) is 22.6 Å². The maximum atomic E-state index is 10.2. The smallest absolute Gasteiger partial charge is 0.316 e. The highest BCUT2D eigenvalue weighted by atomic mass is 127. The van der Waals surface area contributed by atoms with Crippen LogP contribution in [0, 0.1) is 0 Å². The average Bonchev–Trinajstić information content (AvgIpc) is 1.82. The van der Waals surface area contributed by atoms with Gasteiger partial charge in [-0.05, 0) is 19.4 Å². The van der Waals surface area contributed by atoms with E-state index in [2.05, 4.69) is 0 Å². The van der Waals surface area contributed by atoms with Crippen molar-refractivity contribution < 1.29 is 9.90 Å². The van der Waals surface area contributed by atoms with Gasteiger partial charge in [0.25, 0.3) is 0 Å². The summed E-state index contributed by atoms with van der Waals surface area (Å²) in [7, 11) is 0. The van der Waals surface area contributed by atoms with Crippen LogP contribution in [0.4, 0.5) is 0 Å². The average molecular weight is 243 g/mol. The van der Waals surface area contributed by atoms with Crippen LogP contribution >= 0.6 is 22.6 Å². The van der Waals surface area contributed by atoms with Gasteiger partial charge < -0.3 is 10.8 Å². The summed E-state index contributed by atoms with van der Waals surface area (Å²) in [5.41, 5.74) is 5.18. The van der Waals surface area contributed by atoms with Gasteiger partial charge in [-0.1, -0.05) is 22.6 Å². The zero-order valence-corrected chi connectivity index (χ0v) is 7.17. The van der Waals surface area contributed by atoms with Crippen LogP contribution < -0.4 is 5.73 Å². The fourth-order valence-electron chi connectivity index (χ4n) is 0.421. The molecule has 0 heterocycles. The summed E-state index contributed by atoms with van der Waals surface area (Å²) in [6, 6.07) is 0. The third-order valence-corrected chi connectivity index (χ3v) is 2.09. The van der Waals surface area contributed by atoms with Gasteiger partial charge in [0.1, 0.15) is 3.92 Å². The van der Waals surface area contributed by atoms with Crippen molar-refractivity contribution in [2.24, 2.45) is 5.73 Å². The Morgan fingerprint density at radius 1 is 1.78 bits per heavy atom. The summed E-state index contributed by atoms with van der Waals surface area (Å²) in [6.45, 7) is 0.576. The summed E-state index contributed by atoms with van der Waals surface area (Å²) in [4.78, 5) is 10.2. The lowest BCUT2D eigenvalue weighted by Crippen LogP contribution is -2.13. The van der Waals surface area contributed by atoms with E-state index in [-0.39, 0.29) is 3.92 Å². The lowest BCUT2D eigenvalue weighted by molar-refractivity contribution is -0.136. The standard InChI is InChI=1S/C5H10INO2/c6-4(5(8)9)2-1-3-7/h4H,1-3,7H2,(H,8,9). The molecule has 0 aliphatic rings. The number of carboxylic acid groups (broad SMARTS) is 1. The second-order valence-corrected chi connectivity index (χ2v) is 3.24. The fourth-order valence-corrected chi connectivity index (χ4v) is 0.861. The molecule has 0 aromatic carbocycles. The van der Waals surface area contributed by atoms with E-state index in [0.29, 0.717) is 13.0 Å². The van der Waals surface area contributed by atoms with Gasteiger partial charge in [0.05, 0.1) is 0 Å². The fraction of sp³-hybridized carbons (Fsp3) is 0.800. The van der Waals surface area contributed by atoms with Crippen LogP contribution in [-0.4, -0.2) is 21.5 Å². The maximum absolute atomic E-state index is 10.2. The molecular formula is C5H10INO2. The Morgan fingerprint density at radius 2 is 2.33 bits per heavy atom. The third-order valence-electron chi connectivity index (χ3n) is 0.930. The zero-order valence-electron chi connectivity index (χ0n) is 5.01. The van der Waals surface area contributed by atoms with Gasteiger partial charge in [0.15, 0.2) is 0 Å². The first-order valence-electron chi connectivity index (χ1n) is 2.75. The SMILES string of the molecule is NCCCC(I)C(=O)O. The van der Waals surface area contributed by atoms with Crippen LogP contribution in [0.1, 0.15) is 12.8 Å². The van der Waals surface area contributed by atoms with Crippen LogP contribution in [0.3, 0.4) is 0 Å². The molecule has 0 saturated heterocycles. The van der Waals surface area contributed by atoms with Crippen LogP contribution in [-0.2, 0) is 4.79 Å². The first-order chi connectivity index (χ1) is 4.18. The van der Waals surface area contributed by atoms with Gasteiger partial charge in [-0.25, -0.2) is 0 Å². The molecule has 1 unspecified atom stereocenters. The molecule has 0 amide bonds. The number of rotatable bonds is 4. The second kappa shape index (κ2) is 4.99. The normalized spacial score (nSPS) is 13.1. The van der Waals surface area contributed by atoms with Crippen molar-refractivity contribution in [1.29, 1.82) is 0 Å². The van der Waals surface area contributed by atoms with Crippen molar-refractivity contribution >= 4 is 28.6 Å². The van der Waals surface area contributed by atoms with Crippen molar-refractivity contribution in [3.05, 3.63) is 0 Å². The molecule has 4 heteroatoms. The molecule has 9 heavy (non-hydrogen) atoms. The highest BCUT2D eigenvalue weighted by Gasteiger charge is 2.10. The number of carbonyl (C=O) groups is 1. The largest absolute Gasteiger partial charge is 0.480 e. The minimum absolute atomic E-state index is 0.272. The molecule has 0 aromatic heterocycles. The third kappa shape index (κ3) is 4.65. The summed E-state index contributed by atoms with van der Waals surface area (Å²) >= 11 is 1.90. The maximum Gasteiger partial charge on any atom is 0.316 e. The highest BCUT2D eigenvalue weighted by molar-refractivity contribution is 14.1. The number of halogens is 1. The molecule has 0 aliphatic heterocycles. The van der Waals surface area contributed by atoms with Crippen molar-refractivity contribution in [3.8, 4) is 0 Å². The number of nitrogens with two attached hydrogens (primary N) is 1. The van der Waals surface area contributed by atoms with Crippen LogP contribution in [0.15, 0.2) is 0 Å². The van der Waals surface area contributed by atoms with Crippen LogP contribution in [0.5, 0.6) is 0 Å². The van der Waals surface area contributed by atoms with Crippen molar-refractivity contribution in [1.82, 2.24) is 0 Å². The number of carboxylic acids is 1. The monoisotopic (exact) mass is 243 g/mol. The van der Waals surface area contributed by atoms with Crippen molar-refractivity contribution in [2.75, 3.05) is 6.54 Å². The quantitative estimate of drug-likeness (QED) is 0.561. The molecule has 0 aliphatic carbocycles. The van der Waals surface area contributed by atoms with E-state index in [9.17, 15) is 4.79 Å². The van der Waals surface area contributed by atoms with Crippen LogP contribution in [0.25, 0.3) is 0 Å².